The van der Waals surface area contributed by atoms with Gasteiger partial charge in [0.25, 0.3) is 0 Å². The summed E-state index contributed by atoms with van der Waals surface area (Å²) in [5.74, 6) is 6.72. The molecule has 2 heterocycles. The summed E-state index contributed by atoms with van der Waals surface area (Å²) >= 11 is 0. The molecule has 2 aromatic heterocycles. The van der Waals surface area contributed by atoms with Crippen molar-refractivity contribution in [1.82, 2.24) is 9.97 Å². The van der Waals surface area contributed by atoms with Crippen LogP contribution in [0.1, 0.15) is 5.76 Å². The lowest BCUT2D eigenvalue weighted by Crippen LogP contribution is -2.11. The Morgan fingerprint density at radius 2 is 2.33 bits per heavy atom. The van der Waals surface area contributed by atoms with E-state index < -0.39 is 0 Å². The predicted molar refractivity (Wildman–Crippen MR) is 64.8 cm³/mol. The predicted octanol–water partition coefficient (Wildman–Crippen LogP) is 1.74. The van der Waals surface area contributed by atoms with Gasteiger partial charge in [0.2, 0.25) is 0 Å². The first-order valence-electron chi connectivity index (χ1n) is 5.11. The van der Waals surface area contributed by atoms with Crippen LogP contribution in [0.5, 0.6) is 0 Å². The van der Waals surface area contributed by atoms with Crippen molar-refractivity contribution >= 4 is 18.1 Å². The molecule has 0 saturated carbocycles. The number of nitrogens with zero attached hydrogens (tertiary/aromatic N) is 5. The largest absolute Gasteiger partial charge is 0.465 e. The Hall–Kier alpha value is -2.83. The average molecular weight is 243 g/mol. The van der Waals surface area contributed by atoms with Gasteiger partial charge in [-0.3, -0.25) is 10.8 Å². The molecule has 0 radical (unpaired) electrons. The van der Waals surface area contributed by atoms with Gasteiger partial charge in [0.05, 0.1) is 17.7 Å². The van der Waals surface area contributed by atoms with Gasteiger partial charge < -0.3 is 4.42 Å². The fraction of sp³-hybridized carbons (Fsp3) is 0. The molecule has 7 nitrogen and oxygen atoms in total. The number of hydrazine groups is 1. The van der Waals surface area contributed by atoms with Crippen LogP contribution < -0.4 is 5.84 Å². The second-order valence-electron chi connectivity index (χ2n) is 3.14. The van der Waals surface area contributed by atoms with Crippen LogP contribution in [0.2, 0.25) is 0 Å². The number of allylic oxidation sites excluding steroid dienone is 1. The first-order valence-corrected chi connectivity index (χ1v) is 5.11. The summed E-state index contributed by atoms with van der Waals surface area (Å²) in [5.41, 5.74) is 0. The van der Waals surface area contributed by atoms with Crippen LogP contribution in [-0.4, -0.2) is 21.0 Å². The van der Waals surface area contributed by atoms with Crippen molar-refractivity contribution in [3.8, 4) is 0 Å². The zero-order chi connectivity index (χ0) is 12.6. The van der Waals surface area contributed by atoms with Crippen molar-refractivity contribution in [3.05, 3.63) is 48.8 Å². The van der Waals surface area contributed by atoms with E-state index in [1.165, 1.54) is 18.6 Å². The zero-order valence-electron chi connectivity index (χ0n) is 9.42. The Kier molecular flexibility index (Phi) is 3.91. The minimum Gasteiger partial charge on any atom is -0.465 e. The van der Waals surface area contributed by atoms with Crippen molar-refractivity contribution in [2.24, 2.45) is 16.2 Å². The maximum Gasteiger partial charge on any atom is 0.323 e. The Morgan fingerprint density at radius 1 is 1.39 bits per heavy atom. The Morgan fingerprint density at radius 3 is 3.06 bits per heavy atom. The van der Waals surface area contributed by atoms with Gasteiger partial charge in [0.15, 0.2) is 0 Å². The highest BCUT2D eigenvalue weighted by atomic mass is 16.3. The van der Waals surface area contributed by atoms with E-state index in [-0.39, 0.29) is 0 Å². The van der Waals surface area contributed by atoms with Crippen molar-refractivity contribution in [2.45, 2.75) is 0 Å². The first-order chi connectivity index (χ1) is 8.86. The molecule has 2 aromatic rings. The smallest absolute Gasteiger partial charge is 0.323 e. The highest BCUT2D eigenvalue weighted by molar-refractivity contribution is 5.77. The summed E-state index contributed by atoms with van der Waals surface area (Å²) in [6.45, 7) is 0. The minimum absolute atomic E-state index is 0.407. The molecule has 2 N–H and O–H groups in total. The molecule has 7 heteroatoms. The summed E-state index contributed by atoms with van der Waals surface area (Å²) in [6, 6.07) is 3.63. The molecule has 0 amide bonds. The van der Waals surface area contributed by atoms with Crippen LogP contribution in [0.15, 0.2) is 57.8 Å². The minimum atomic E-state index is 0.407. The molecular weight excluding hydrogens is 232 g/mol. The van der Waals surface area contributed by atoms with E-state index in [9.17, 15) is 0 Å². The molecule has 0 aliphatic heterocycles. The van der Waals surface area contributed by atoms with Crippen molar-refractivity contribution < 1.29 is 9.22 Å². The molecule has 0 aromatic carbocycles. The maximum absolute atomic E-state index is 5.58. The number of aromatic nitrogens is 2. The van der Waals surface area contributed by atoms with E-state index in [0.29, 0.717) is 5.82 Å². The highest BCUT2D eigenvalue weighted by Gasteiger charge is 2.02. The maximum atomic E-state index is 5.58. The fourth-order valence-corrected chi connectivity index (χ4v) is 1.10. The molecule has 18 heavy (non-hydrogen) atoms. The molecule has 0 fully saturated rings. The number of hydrogen-bond acceptors (Lipinski definition) is 4. The third-order valence-corrected chi connectivity index (χ3v) is 1.89. The Bertz CT molecular complexity index is 558. The van der Waals surface area contributed by atoms with Crippen LogP contribution in [0, 0.1) is 0 Å². The SMILES string of the molecule is N\[N+](=N/N=C/C=C/c1ccco1)c1cnccn1. The molecule has 0 aliphatic carbocycles. The van der Waals surface area contributed by atoms with Crippen molar-refractivity contribution in [1.29, 1.82) is 0 Å². The lowest BCUT2D eigenvalue weighted by atomic mass is 10.4. The fourth-order valence-electron chi connectivity index (χ4n) is 1.10. The monoisotopic (exact) mass is 243 g/mol. The van der Waals surface area contributed by atoms with Crippen LogP contribution in [0.3, 0.4) is 0 Å². The van der Waals surface area contributed by atoms with Gasteiger partial charge in [-0.05, 0) is 34.2 Å². The van der Waals surface area contributed by atoms with E-state index in [0.717, 1.165) is 10.6 Å². The lowest BCUT2D eigenvalue weighted by Gasteiger charge is -1.89. The molecule has 0 spiro atoms. The molecular formula is C11H11N6O+. The number of hydrogen-bond donors (Lipinski definition) is 1. The van der Waals surface area contributed by atoms with E-state index in [1.807, 2.05) is 6.07 Å². The van der Waals surface area contributed by atoms with E-state index in [4.69, 9.17) is 10.3 Å². The molecule has 0 aliphatic rings. The topological polar surface area (TPSA) is 92.7 Å². The summed E-state index contributed by atoms with van der Waals surface area (Å²) in [5, 5.41) is 7.46. The Balaban J connectivity index is 1.94. The van der Waals surface area contributed by atoms with Crippen LogP contribution >= 0.6 is 0 Å². The standard InChI is InChI=1S/C11H11N6O/c12-17(11-9-13-6-7-14-11)16-15-5-1-3-10-4-2-8-18-10/h1-9H,(H2,12,16)/q+1/b3-1+. The van der Waals surface area contributed by atoms with Gasteiger partial charge in [-0.1, -0.05) is 0 Å². The third-order valence-electron chi connectivity index (χ3n) is 1.89. The number of rotatable bonds is 4. The second-order valence-corrected chi connectivity index (χ2v) is 3.14. The summed E-state index contributed by atoms with van der Waals surface area (Å²) in [7, 11) is 0. The average Bonchev–Trinajstić information content (AvgIpc) is 2.92. The van der Waals surface area contributed by atoms with Crippen molar-refractivity contribution in [3.63, 3.8) is 0 Å². The van der Waals surface area contributed by atoms with Gasteiger partial charge in [0.1, 0.15) is 24.4 Å². The number of furan rings is 1. The van der Waals surface area contributed by atoms with Gasteiger partial charge in [-0.25, -0.2) is 0 Å². The van der Waals surface area contributed by atoms with E-state index >= 15 is 0 Å². The summed E-state index contributed by atoms with van der Waals surface area (Å²) in [4.78, 5) is 8.85. The van der Waals surface area contributed by atoms with Gasteiger partial charge in [-0.15, -0.1) is 4.98 Å². The van der Waals surface area contributed by atoms with E-state index in [2.05, 4.69) is 20.3 Å². The van der Waals surface area contributed by atoms with E-state index in [1.54, 1.807) is 30.7 Å². The van der Waals surface area contributed by atoms with Gasteiger partial charge >= 0.3 is 5.82 Å². The molecule has 90 valence electrons. The molecule has 2 rings (SSSR count). The molecule has 0 bridgehead atoms. The zero-order valence-corrected chi connectivity index (χ0v) is 9.42. The normalized spacial score (nSPS) is 12.6. The van der Waals surface area contributed by atoms with Crippen molar-refractivity contribution in [2.75, 3.05) is 0 Å². The molecule has 0 atom stereocenters. The molecule has 0 unspecified atom stereocenters. The molecule has 0 saturated heterocycles. The first kappa shape index (κ1) is 11.6. The highest BCUT2D eigenvalue weighted by Crippen LogP contribution is 2.01. The third kappa shape index (κ3) is 3.34. The second kappa shape index (κ2) is 6.04. The lowest BCUT2D eigenvalue weighted by molar-refractivity contribution is -0.530. The summed E-state index contributed by atoms with van der Waals surface area (Å²) < 4.78 is 5.10. The van der Waals surface area contributed by atoms with Gasteiger partial charge in [-0.2, -0.15) is 0 Å². The quantitative estimate of drug-likeness (QED) is 0.291. The van der Waals surface area contributed by atoms with Crippen LogP contribution in [0.25, 0.3) is 6.08 Å². The van der Waals surface area contributed by atoms with Crippen LogP contribution in [-0.2, 0) is 0 Å². The van der Waals surface area contributed by atoms with Crippen LogP contribution in [0.4, 0.5) is 5.82 Å². The van der Waals surface area contributed by atoms with Gasteiger partial charge in [0, 0.05) is 0 Å². The summed E-state index contributed by atoms with van der Waals surface area (Å²) in [6.07, 6.45) is 11.1. The Labute approximate surface area is 103 Å². The number of nitrogens with two attached hydrogens (primary N) is 1.